The Morgan fingerprint density at radius 1 is 1.50 bits per heavy atom. The minimum Gasteiger partial charge on any atom is -0.444 e. The van der Waals surface area contributed by atoms with E-state index in [4.69, 9.17) is 10.5 Å². The average Bonchev–Trinajstić information content (AvgIpc) is 2.75. The summed E-state index contributed by atoms with van der Waals surface area (Å²) in [5, 5.41) is 2.89. The van der Waals surface area contributed by atoms with Crippen molar-refractivity contribution < 1.29 is 9.53 Å². The molecule has 1 atom stereocenters. The first-order chi connectivity index (χ1) is 9.33. The zero-order valence-corrected chi connectivity index (χ0v) is 12.2. The Morgan fingerprint density at radius 2 is 2.25 bits per heavy atom. The molecule has 1 saturated heterocycles. The molecule has 0 bridgehead atoms. The highest BCUT2D eigenvalue weighted by Crippen LogP contribution is 2.19. The summed E-state index contributed by atoms with van der Waals surface area (Å²) in [5.74, 6) is 0.882. The van der Waals surface area contributed by atoms with Crippen molar-refractivity contribution in [1.82, 2.24) is 10.3 Å². The quantitative estimate of drug-likeness (QED) is 0.861. The summed E-state index contributed by atoms with van der Waals surface area (Å²) < 4.78 is 5.26. The fourth-order valence-electron chi connectivity index (χ4n) is 2.14. The van der Waals surface area contributed by atoms with Crippen LogP contribution in [0.5, 0.6) is 0 Å². The lowest BCUT2D eigenvalue weighted by atomic mass is 10.2. The molecular weight excluding hydrogens is 256 g/mol. The number of alkyl carbamates (subject to hydrolysis) is 1. The van der Waals surface area contributed by atoms with Gasteiger partial charge >= 0.3 is 6.09 Å². The summed E-state index contributed by atoms with van der Waals surface area (Å²) in [4.78, 5) is 18.1. The summed E-state index contributed by atoms with van der Waals surface area (Å²) in [6.45, 7) is 7.15. The largest absolute Gasteiger partial charge is 0.444 e. The van der Waals surface area contributed by atoms with Crippen LogP contribution in [0.4, 0.5) is 16.3 Å². The Morgan fingerprint density at radius 3 is 2.85 bits per heavy atom. The number of amides is 1. The number of carbonyl (C=O) groups excluding carboxylic acids is 1. The fourth-order valence-corrected chi connectivity index (χ4v) is 2.14. The van der Waals surface area contributed by atoms with Crippen molar-refractivity contribution in [2.24, 2.45) is 0 Å². The van der Waals surface area contributed by atoms with Gasteiger partial charge in [-0.25, -0.2) is 9.78 Å². The van der Waals surface area contributed by atoms with E-state index in [-0.39, 0.29) is 12.1 Å². The molecule has 6 heteroatoms. The van der Waals surface area contributed by atoms with Crippen LogP contribution >= 0.6 is 0 Å². The molecule has 0 aromatic carbocycles. The molecule has 0 aliphatic carbocycles. The van der Waals surface area contributed by atoms with Gasteiger partial charge < -0.3 is 20.7 Å². The molecule has 0 saturated carbocycles. The molecule has 1 aromatic rings. The van der Waals surface area contributed by atoms with Crippen molar-refractivity contribution in [3.8, 4) is 0 Å². The maximum Gasteiger partial charge on any atom is 0.407 e. The Balaban J connectivity index is 1.86. The Hall–Kier alpha value is -1.98. The van der Waals surface area contributed by atoms with Gasteiger partial charge in [-0.2, -0.15) is 0 Å². The van der Waals surface area contributed by atoms with E-state index in [2.05, 4.69) is 15.2 Å². The smallest absolute Gasteiger partial charge is 0.407 e. The molecule has 2 rings (SSSR count). The van der Waals surface area contributed by atoms with Crippen molar-refractivity contribution in [3.63, 3.8) is 0 Å². The summed E-state index contributed by atoms with van der Waals surface area (Å²) in [6, 6.07) is 3.81. The molecule has 2 heterocycles. The topological polar surface area (TPSA) is 80.5 Å². The van der Waals surface area contributed by atoms with Crippen molar-refractivity contribution in [2.75, 3.05) is 23.7 Å². The zero-order valence-electron chi connectivity index (χ0n) is 12.2. The number of nitrogens with one attached hydrogen (secondary N) is 1. The second-order valence-electron chi connectivity index (χ2n) is 6.03. The highest BCUT2D eigenvalue weighted by Gasteiger charge is 2.26. The standard InChI is InChI=1S/C14H22N4O2/c1-14(2,3)20-13(19)17-11-6-7-18(9-11)12-5-4-10(15)8-16-12/h4-5,8,11H,6-7,9,15H2,1-3H3,(H,17,19)/t11-/m1/s1. The number of nitrogens with two attached hydrogens (primary N) is 1. The van der Waals surface area contributed by atoms with Crippen molar-refractivity contribution >= 4 is 17.6 Å². The molecule has 1 aliphatic heterocycles. The summed E-state index contributed by atoms with van der Waals surface area (Å²) in [7, 11) is 0. The van der Waals surface area contributed by atoms with Crippen molar-refractivity contribution in [2.45, 2.75) is 38.8 Å². The van der Waals surface area contributed by atoms with Gasteiger partial charge in [0.1, 0.15) is 11.4 Å². The Kier molecular flexibility index (Phi) is 4.01. The summed E-state index contributed by atoms with van der Waals surface area (Å²) in [5.41, 5.74) is 5.80. The number of hydrogen-bond donors (Lipinski definition) is 2. The Bertz CT molecular complexity index is 467. The number of hydrogen-bond acceptors (Lipinski definition) is 5. The van der Waals surface area contributed by atoms with Gasteiger partial charge in [-0.3, -0.25) is 0 Å². The summed E-state index contributed by atoms with van der Waals surface area (Å²) in [6.07, 6.45) is 2.16. The third-order valence-corrected chi connectivity index (χ3v) is 3.00. The second-order valence-corrected chi connectivity index (χ2v) is 6.03. The number of nitrogen functional groups attached to an aromatic ring is 1. The number of nitrogens with zero attached hydrogens (tertiary/aromatic N) is 2. The molecule has 1 aliphatic rings. The molecule has 110 valence electrons. The molecular formula is C14H22N4O2. The molecule has 0 radical (unpaired) electrons. The van der Waals surface area contributed by atoms with Crippen molar-refractivity contribution in [1.29, 1.82) is 0 Å². The first-order valence-electron chi connectivity index (χ1n) is 6.79. The number of ether oxygens (including phenoxy) is 1. The number of pyridine rings is 1. The number of aromatic nitrogens is 1. The lowest BCUT2D eigenvalue weighted by molar-refractivity contribution is 0.0509. The number of rotatable bonds is 2. The highest BCUT2D eigenvalue weighted by molar-refractivity contribution is 5.68. The average molecular weight is 278 g/mol. The van der Waals surface area contributed by atoms with Gasteiger partial charge in [0, 0.05) is 13.1 Å². The zero-order chi connectivity index (χ0) is 14.8. The molecule has 6 nitrogen and oxygen atoms in total. The third-order valence-electron chi connectivity index (χ3n) is 3.00. The van der Waals surface area contributed by atoms with Gasteiger partial charge in [0.2, 0.25) is 0 Å². The van der Waals surface area contributed by atoms with E-state index in [1.807, 2.05) is 32.9 Å². The normalized spacial score (nSPS) is 18.9. The molecule has 0 spiro atoms. The highest BCUT2D eigenvalue weighted by atomic mass is 16.6. The van der Waals surface area contributed by atoms with Crippen LogP contribution in [-0.4, -0.2) is 35.8 Å². The van der Waals surface area contributed by atoms with Crippen LogP contribution in [0.25, 0.3) is 0 Å². The van der Waals surface area contributed by atoms with E-state index < -0.39 is 5.60 Å². The predicted molar refractivity (Wildman–Crippen MR) is 78.6 cm³/mol. The van der Waals surface area contributed by atoms with Crippen LogP contribution in [0.2, 0.25) is 0 Å². The van der Waals surface area contributed by atoms with E-state index in [0.717, 1.165) is 25.3 Å². The monoisotopic (exact) mass is 278 g/mol. The molecule has 20 heavy (non-hydrogen) atoms. The fraction of sp³-hybridized carbons (Fsp3) is 0.571. The molecule has 1 amide bonds. The second kappa shape index (κ2) is 5.56. The van der Waals surface area contributed by atoms with Gasteiger partial charge in [0.05, 0.1) is 17.9 Å². The third kappa shape index (κ3) is 4.01. The predicted octanol–water partition coefficient (Wildman–Crippen LogP) is 1.77. The molecule has 3 N–H and O–H groups in total. The first-order valence-corrected chi connectivity index (χ1v) is 6.79. The van der Waals surface area contributed by atoms with Gasteiger partial charge in [-0.1, -0.05) is 0 Å². The van der Waals surface area contributed by atoms with Crippen LogP contribution < -0.4 is 16.0 Å². The molecule has 0 unspecified atom stereocenters. The maximum atomic E-state index is 11.7. The van der Waals surface area contributed by atoms with Crippen LogP contribution in [0.15, 0.2) is 18.3 Å². The van der Waals surface area contributed by atoms with E-state index in [1.54, 1.807) is 6.20 Å². The van der Waals surface area contributed by atoms with Gasteiger partial charge in [0.15, 0.2) is 0 Å². The van der Waals surface area contributed by atoms with Crippen LogP contribution in [-0.2, 0) is 4.74 Å². The lowest BCUT2D eigenvalue weighted by Gasteiger charge is -2.22. The minimum atomic E-state index is -0.471. The van der Waals surface area contributed by atoms with Crippen molar-refractivity contribution in [3.05, 3.63) is 18.3 Å². The minimum absolute atomic E-state index is 0.0872. The lowest BCUT2D eigenvalue weighted by Crippen LogP contribution is -2.40. The number of carbonyl (C=O) groups is 1. The van der Waals surface area contributed by atoms with Gasteiger partial charge in [-0.05, 0) is 39.3 Å². The first kappa shape index (κ1) is 14.4. The summed E-state index contributed by atoms with van der Waals surface area (Å²) >= 11 is 0. The van der Waals surface area contributed by atoms with Crippen LogP contribution in [0, 0.1) is 0 Å². The molecule has 1 fully saturated rings. The molecule has 1 aromatic heterocycles. The van der Waals surface area contributed by atoms with E-state index in [1.165, 1.54) is 0 Å². The van der Waals surface area contributed by atoms with Gasteiger partial charge in [0.25, 0.3) is 0 Å². The van der Waals surface area contributed by atoms with E-state index >= 15 is 0 Å². The van der Waals surface area contributed by atoms with Crippen LogP contribution in [0.3, 0.4) is 0 Å². The van der Waals surface area contributed by atoms with E-state index in [9.17, 15) is 4.79 Å². The Labute approximate surface area is 119 Å². The number of anilines is 2. The van der Waals surface area contributed by atoms with Gasteiger partial charge in [-0.15, -0.1) is 0 Å². The van der Waals surface area contributed by atoms with Crippen LogP contribution in [0.1, 0.15) is 27.2 Å². The SMILES string of the molecule is CC(C)(C)OC(=O)N[C@@H]1CCN(c2ccc(N)cn2)C1. The van der Waals surface area contributed by atoms with E-state index in [0.29, 0.717) is 5.69 Å². The maximum absolute atomic E-state index is 11.7.